The highest BCUT2D eigenvalue weighted by molar-refractivity contribution is 7.89. The lowest BCUT2D eigenvalue weighted by Crippen LogP contribution is -2.38. The molecule has 36 heavy (non-hydrogen) atoms. The molecule has 0 atom stereocenters. The Morgan fingerprint density at radius 2 is 1.78 bits per heavy atom. The third-order valence-electron chi connectivity index (χ3n) is 7.02. The number of nitrogens with one attached hydrogen (secondary N) is 2. The van der Waals surface area contributed by atoms with Gasteiger partial charge in [0.2, 0.25) is 15.9 Å². The summed E-state index contributed by atoms with van der Waals surface area (Å²) >= 11 is 0. The van der Waals surface area contributed by atoms with E-state index in [2.05, 4.69) is 16.4 Å². The summed E-state index contributed by atoms with van der Waals surface area (Å²) in [7, 11) is -3.19. The first-order valence-corrected chi connectivity index (χ1v) is 14.0. The van der Waals surface area contributed by atoms with E-state index in [0.29, 0.717) is 30.7 Å². The Labute approximate surface area is 212 Å². The van der Waals surface area contributed by atoms with E-state index in [4.69, 9.17) is 5.73 Å². The van der Waals surface area contributed by atoms with Crippen LogP contribution in [-0.2, 0) is 21.4 Å². The Kier molecular flexibility index (Phi) is 7.51. The summed E-state index contributed by atoms with van der Waals surface area (Å²) in [4.78, 5) is 27.4. The summed E-state index contributed by atoms with van der Waals surface area (Å²) in [6, 6.07) is 11.7. The lowest BCUT2D eigenvalue weighted by atomic mass is 9.88. The third-order valence-corrected chi connectivity index (χ3v) is 8.90. The first kappa shape index (κ1) is 25.9. The number of primary amides is 1. The summed E-state index contributed by atoms with van der Waals surface area (Å²) < 4.78 is 26.1. The highest BCUT2D eigenvalue weighted by Crippen LogP contribution is 2.37. The molecule has 8 nitrogen and oxygen atoms in total. The number of hydrogen-bond donors (Lipinski definition) is 3. The minimum absolute atomic E-state index is 0.00809. The van der Waals surface area contributed by atoms with Crippen LogP contribution >= 0.6 is 0 Å². The van der Waals surface area contributed by atoms with E-state index in [-0.39, 0.29) is 23.5 Å². The molecule has 4 N–H and O–H groups in total. The van der Waals surface area contributed by atoms with Crippen molar-refractivity contribution in [1.82, 2.24) is 14.6 Å². The van der Waals surface area contributed by atoms with E-state index in [9.17, 15) is 18.0 Å². The molecule has 0 spiro atoms. The van der Waals surface area contributed by atoms with E-state index >= 15 is 0 Å². The summed E-state index contributed by atoms with van der Waals surface area (Å²) in [5.41, 5.74) is 10.8. The van der Waals surface area contributed by atoms with E-state index in [1.54, 1.807) is 17.3 Å². The van der Waals surface area contributed by atoms with Gasteiger partial charge in [-0.05, 0) is 60.1 Å². The van der Waals surface area contributed by atoms with Crippen molar-refractivity contribution in [2.45, 2.75) is 46.1 Å². The van der Waals surface area contributed by atoms with Crippen LogP contribution in [0.2, 0.25) is 0 Å². The molecule has 1 aliphatic rings. The molecule has 2 amide bonds. The SMILES string of the molecule is CCS(=O)(=O)N1CCC(c2c[nH]c3c(C(N)=O)cc(-c4ccc(CNC(=O)C(C)C)cc4)cc23)CC1. The second-order valence-corrected chi connectivity index (χ2v) is 12.0. The fourth-order valence-electron chi connectivity index (χ4n) is 4.79. The second-order valence-electron chi connectivity index (χ2n) is 9.70. The maximum atomic E-state index is 12.3. The molecule has 3 aromatic rings. The van der Waals surface area contributed by atoms with Gasteiger partial charge < -0.3 is 16.0 Å². The molecule has 1 aromatic heterocycles. The zero-order valence-corrected chi connectivity index (χ0v) is 21.8. The van der Waals surface area contributed by atoms with Gasteiger partial charge >= 0.3 is 0 Å². The van der Waals surface area contributed by atoms with Crippen LogP contribution in [-0.4, -0.2) is 48.4 Å². The lowest BCUT2D eigenvalue weighted by Gasteiger charge is -2.31. The van der Waals surface area contributed by atoms with Crippen LogP contribution in [0.3, 0.4) is 0 Å². The van der Waals surface area contributed by atoms with Crippen molar-refractivity contribution in [3.8, 4) is 11.1 Å². The van der Waals surface area contributed by atoms with Gasteiger partial charge in [-0.3, -0.25) is 9.59 Å². The quantitative estimate of drug-likeness (QED) is 0.427. The van der Waals surface area contributed by atoms with E-state index in [1.165, 1.54) is 0 Å². The number of carbonyl (C=O) groups is 2. The first-order chi connectivity index (χ1) is 17.1. The maximum Gasteiger partial charge on any atom is 0.250 e. The van der Waals surface area contributed by atoms with Gasteiger partial charge in [-0.15, -0.1) is 0 Å². The van der Waals surface area contributed by atoms with E-state index in [1.807, 2.05) is 44.3 Å². The van der Waals surface area contributed by atoms with Gasteiger partial charge in [-0.25, -0.2) is 12.7 Å². The van der Waals surface area contributed by atoms with Gasteiger partial charge in [-0.1, -0.05) is 38.1 Å². The van der Waals surface area contributed by atoms with Crippen LogP contribution < -0.4 is 11.1 Å². The van der Waals surface area contributed by atoms with Gasteiger partial charge in [-0.2, -0.15) is 0 Å². The number of fused-ring (bicyclic) bond motifs is 1. The van der Waals surface area contributed by atoms with Crippen molar-refractivity contribution < 1.29 is 18.0 Å². The molecule has 0 aliphatic carbocycles. The van der Waals surface area contributed by atoms with Gasteiger partial charge in [0.1, 0.15) is 0 Å². The Bertz CT molecular complexity index is 1370. The summed E-state index contributed by atoms with van der Waals surface area (Å²) in [6.07, 6.45) is 3.37. The van der Waals surface area contributed by atoms with Gasteiger partial charge in [0.05, 0.1) is 16.8 Å². The number of carbonyl (C=O) groups excluding carboxylic acids is 2. The maximum absolute atomic E-state index is 12.3. The average molecular weight is 511 g/mol. The molecule has 9 heteroatoms. The van der Waals surface area contributed by atoms with Crippen LogP contribution in [0.5, 0.6) is 0 Å². The van der Waals surface area contributed by atoms with Crippen molar-refractivity contribution in [3.63, 3.8) is 0 Å². The van der Waals surface area contributed by atoms with Crippen LogP contribution in [0, 0.1) is 5.92 Å². The molecule has 2 heterocycles. The monoisotopic (exact) mass is 510 g/mol. The first-order valence-electron chi connectivity index (χ1n) is 12.4. The molecule has 1 aliphatic heterocycles. The number of benzene rings is 2. The van der Waals surface area contributed by atoms with Gasteiger partial charge in [0.25, 0.3) is 5.91 Å². The average Bonchev–Trinajstić information content (AvgIpc) is 3.31. The van der Waals surface area contributed by atoms with Crippen molar-refractivity contribution in [2.75, 3.05) is 18.8 Å². The highest BCUT2D eigenvalue weighted by Gasteiger charge is 2.29. The standard InChI is InChI=1S/C27H34N4O4S/c1-4-36(34,35)31-11-9-20(10-12-31)24-16-29-25-22(24)13-21(14-23(25)26(28)32)19-7-5-18(6-8-19)15-30-27(33)17(2)3/h5-8,13-14,16-17,20,29H,4,9-12,15H2,1-3H3,(H2,28,32)(H,30,33). The van der Waals surface area contributed by atoms with Crippen molar-refractivity contribution in [3.05, 3.63) is 59.3 Å². The molecule has 1 fully saturated rings. The Morgan fingerprint density at radius 1 is 1.11 bits per heavy atom. The van der Waals surface area contributed by atoms with Crippen molar-refractivity contribution >= 4 is 32.7 Å². The number of sulfonamides is 1. The molecule has 2 aromatic carbocycles. The fourth-order valence-corrected chi connectivity index (χ4v) is 5.92. The zero-order valence-electron chi connectivity index (χ0n) is 21.0. The molecule has 0 unspecified atom stereocenters. The lowest BCUT2D eigenvalue weighted by molar-refractivity contribution is -0.124. The smallest absolute Gasteiger partial charge is 0.250 e. The molecular formula is C27H34N4O4S. The summed E-state index contributed by atoms with van der Waals surface area (Å²) in [5, 5.41) is 3.85. The molecule has 0 bridgehead atoms. The molecule has 192 valence electrons. The molecule has 1 saturated heterocycles. The minimum Gasteiger partial charge on any atom is -0.366 e. The topological polar surface area (TPSA) is 125 Å². The van der Waals surface area contributed by atoms with Crippen molar-refractivity contribution in [1.29, 1.82) is 0 Å². The molecule has 4 rings (SSSR count). The van der Waals surface area contributed by atoms with Crippen LogP contribution in [0.25, 0.3) is 22.0 Å². The number of H-pyrrole nitrogens is 1. The van der Waals surface area contributed by atoms with Crippen molar-refractivity contribution in [2.24, 2.45) is 11.7 Å². The van der Waals surface area contributed by atoms with Gasteiger partial charge in [0, 0.05) is 37.1 Å². The Morgan fingerprint density at radius 3 is 2.36 bits per heavy atom. The number of nitrogens with zero attached hydrogens (tertiary/aromatic N) is 1. The fraction of sp³-hybridized carbons (Fsp3) is 0.407. The zero-order chi connectivity index (χ0) is 26.0. The normalized spacial score (nSPS) is 15.4. The third kappa shape index (κ3) is 5.32. The van der Waals surface area contributed by atoms with Gasteiger partial charge in [0.15, 0.2) is 0 Å². The van der Waals surface area contributed by atoms with Crippen LogP contribution in [0.1, 0.15) is 61.0 Å². The number of hydrogen-bond acceptors (Lipinski definition) is 4. The Hall–Kier alpha value is -3.17. The molecular weight excluding hydrogens is 476 g/mol. The highest BCUT2D eigenvalue weighted by atomic mass is 32.2. The number of aromatic nitrogens is 1. The minimum atomic E-state index is -3.19. The predicted molar refractivity (Wildman–Crippen MR) is 142 cm³/mol. The molecule has 0 saturated carbocycles. The largest absolute Gasteiger partial charge is 0.366 e. The second kappa shape index (κ2) is 10.4. The van der Waals surface area contributed by atoms with E-state index in [0.717, 1.165) is 40.5 Å². The molecule has 0 radical (unpaired) electrons. The Balaban J connectivity index is 1.62. The number of piperidine rings is 1. The predicted octanol–water partition coefficient (Wildman–Crippen LogP) is 3.74. The number of aromatic amines is 1. The number of amides is 2. The van der Waals surface area contributed by atoms with Crippen LogP contribution in [0.15, 0.2) is 42.6 Å². The summed E-state index contributed by atoms with van der Waals surface area (Å²) in [6.45, 7) is 6.82. The number of rotatable bonds is 8. The van der Waals surface area contributed by atoms with Crippen LogP contribution in [0.4, 0.5) is 0 Å². The number of nitrogens with two attached hydrogens (primary N) is 1. The summed E-state index contributed by atoms with van der Waals surface area (Å²) in [5.74, 6) is -0.271. The van der Waals surface area contributed by atoms with E-state index < -0.39 is 15.9 Å².